The fraction of sp³-hybridized carbons (Fsp3) is 0.208. The highest BCUT2D eigenvalue weighted by Gasteiger charge is 2.35. The maximum Gasteiger partial charge on any atom is 0.126 e. The predicted molar refractivity (Wildman–Crippen MR) is 121 cm³/mol. The van der Waals surface area contributed by atoms with E-state index in [1.54, 1.807) is 12.4 Å². The number of hydrogen-bond acceptors (Lipinski definition) is 6. The van der Waals surface area contributed by atoms with Gasteiger partial charge in [-0.15, -0.1) is 11.3 Å². The van der Waals surface area contributed by atoms with Crippen molar-refractivity contribution < 1.29 is 5.11 Å². The Balaban J connectivity index is 1.82. The average Bonchev–Trinajstić information content (AvgIpc) is 3.13. The Kier molecular flexibility index (Phi) is 6.16. The second-order valence-electron chi connectivity index (χ2n) is 7.17. The molecule has 4 rings (SSSR count). The van der Waals surface area contributed by atoms with Crippen LogP contribution in [-0.2, 0) is 0 Å². The van der Waals surface area contributed by atoms with Gasteiger partial charge in [-0.05, 0) is 43.7 Å². The average molecular weight is 417 g/mol. The summed E-state index contributed by atoms with van der Waals surface area (Å²) in [6.45, 7) is 4.00. The smallest absolute Gasteiger partial charge is 0.126 e. The lowest BCUT2D eigenvalue weighted by Crippen LogP contribution is -2.26. The van der Waals surface area contributed by atoms with Gasteiger partial charge >= 0.3 is 0 Å². The van der Waals surface area contributed by atoms with Crippen LogP contribution in [0.25, 0.3) is 0 Å². The molecule has 5 nitrogen and oxygen atoms in total. The number of hydrogen-bond donors (Lipinski definition) is 2. The van der Waals surface area contributed by atoms with E-state index in [1.807, 2.05) is 68.4 Å². The summed E-state index contributed by atoms with van der Waals surface area (Å²) in [7, 11) is 0. The van der Waals surface area contributed by atoms with Gasteiger partial charge in [-0.1, -0.05) is 42.5 Å². The molecule has 3 unspecified atom stereocenters. The van der Waals surface area contributed by atoms with E-state index in [0.717, 1.165) is 27.6 Å². The van der Waals surface area contributed by atoms with Gasteiger partial charge in [0, 0.05) is 23.0 Å². The predicted octanol–water partition coefficient (Wildman–Crippen LogP) is 5.22. The number of aliphatic hydroxyl groups is 1. The topological polar surface area (TPSA) is 70.9 Å². The fourth-order valence-corrected chi connectivity index (χ4v) is 4.47. The van der Waals surface area contributed by atoms with Crippen molar-refractivity contribution in [2.45, 2.75) is 31.9 Å². The van der Waals surface area contributed by atoms with Crippen LogP contribution in [0.15, 0.2) is 79.1 Å². The van der Waals surface area contributed by atoms with Crippen molar-refractivity contribution in [3.05, 3.63) is 106 Å². The number of nitrogens with one attached hydrogen (secondary N) is 1. The third kappa shape index (κ3) is 4.40. The van der Waals surface area contributed by atoms with Crippen LogP contribution in [0.5, 0.6) is 0 Å². The molecule has 0 aliphatic carbocycles. The number of nitrogens with zero attached hydrogens (tertiary/aromatic N) is 3. The molecule has 2 N–H and O–H groups in total. The van der Waals surface area contributed by atoms with Gasteiger partial charge in [0.1, 0.15) is 16.9 Å². The first-order chi connectivity index (χ1) is 14.6. The van der Waals surface area contributed by atoms with Gasteiger partial charge < -0.3 is 10.4 Å². The van der Waals surface area contributed by atoms with Crippen molar-refractivity contribution in [1.82, 2.24) is 15.0 Å². The molecule has 152 valence electrons. The number of aryl methyl sites for hydroxylation is 2. The van der Waals surface area contributed by atoms with E-state index in [9.17, 15) is 5.11 Å². The van der Waals surface area contributed by atoms with Gasteiger partial charge in [0.15, 0.2) is 0 Å². The highest BCUT2D eigenvalue weighted by Crippen LogP contribution is 2.42. The zero-order valence-electron chi connectivity index (χ0n) is 16.9. The molecule has 0 saturated heterocycles. The molecule has 0 bridgehead atoms. The lowest BCUT2D eigenvalue weighted by molar-refractivity contribution is 0.133. The summed E-state index contributed by atoms with van der Waals surface area (Å²) in [5, 5.41) is 15.8. The summed E-state index contributed by atoms with van der Waals surface area (Å²) in [6, 6.07) is 21.4. The Hall–Kier alpha value is -3.09. The molecule has 0 aliphatic heterocycles. The minimum atomic E-state index is -0.821. The molecule has 3 heterocycles. The first kappa shape index (κ1) is 20.2. The largest absolute Gasteiger partial charge is 0.385 e. The molecule has 3 atom stereocenters. The quantitative estimate of drug-likeness (QED) is 0.432. The molecule has 0 radical (unpaired) electrons. The molecule has 6 heteroatoms. The molecule has 0 aliphatic rings. The minimum Gasteiger partial charge on any atom is -0.385 e. The third-order valence-corrected chi connectivity index (χ3v) is 6.30. The first-order valence-corrected chi connectivity index (χ1v) is 10.7. The van der Waals surface area contributed by atoms with Crippen LogP contribution in [0.1, 0.15) is 44.9 Å². The molecule has 0 spiro atoms. The highest BCUT2D eigenvalue weighted by molar-refractivity contribution is 7.11. The van der Waals surface area contributed by atoms with Crippen LogP contribution < -0.4 is 5.32 Å². The van der Waals surface area contributed by atoms with Crippen LogP contribution in [-0.4, -0.2) is 20.1 Å². The van der Waals surface area contributed by atoms with E-state index in [1.165, 1.54) is 11.3 Å². The standard InChI is InChI=1S/C24H24N4OS/c1-16-17(2)30-24(27-16)23(29)21(19-12-6-8-14-25-19)22(18-10-4-3-5-11-18)28-20-13-7-9-15-26-20/h3-15,21-23,29H,1-2H3,(H,26,28). The number of benzene rings is 1. The van der Waals surface area contributed by atoms with Crippen molar-refractivity contribution in [3.63, 3.8) is 0 Å². The van der Waals surface area contributed by atoms with Crippen LogP contribution in [0.2, 0.25) is 0 Å². The number of rotatable bonds is 7. The number of pyridine rings is 2. The van der Waals surface area contributed by atoms with Crippen molar-refractivity contribution in [3.8, 4) is 0 Å². The van der Waals surface area contributed by atoms with E-state index in [-0.39, 0.29) is 12.0 Å². The zero-order valence-corrected chi connectivity index (χ0v) is 17.8. The Morgan fingerprint density at radius 2 is 1.57 bits per heavy atom. The summed E-state index contributed by atoms with van der Waals surface area (Å²) in [5.74, 6) is 0.381. The van der Waals surface area contributed by atoms with Crippen molar-refractivity contribution >= 4 is 17.2 Å². The normalized spacial score (nSPS) is 14.1. The summed E-state index contributed by atoms with van der Waals surface area (Å²) >= 11 is 1.53. The molecular formula is C24H24N4OS. The number of thiazole rings is 1. The summed E-state index contributed by atoms with van der Waals surface area (Å²) in [4.78, 5) is 14.8. The molecule has 0 amide bonds. The van der Waals surface area contributed by atoms with E-state index >= 15 is 0 Å². The summed E-state index contributed by atoms with van der Waals surface area (Å²) < 4.78 is 0. The first-order valence-electron chi connectivity index (χ1n) is 9.89. The highest BCUT2D eigenvalue weighted by atomic mass is 32.1. The molecule has 1 aromatic carbocycles. The number of aromatic nitrogens is 3. The lowest BCUT2D eigenvalue weighted by atomic mass is 9.85. The second kappa shape index (κ2) is 9.15. The van der Waals surface area contributed by atoms with Gasteiger partial charge in [0.2, 0.25) is 0 Å². The van der Waals surface area contributed by atoms with Crippen LogP contribution in [0, 0.1) is 13.8 Å². The molecule has 0 fully saturated rings. The van der Waals surface area contributed by atoms with Gasteiger partial charge in [-0.2, -0.15) is 0 Å². The van der Waals surface area contributed by atoms with Crippen LogP contribution in [0.3, 0.4) is 0 Å². The van der Waals surface area contributed by atoms with E-state index in [2.05, 4.69) is 32.4 Å². The maximum absolute atomic E-state index is 11.5. The maximum atomic E-state index is 11.5. The van der Waals surface area contributed by atoms with Crippen LogP contribution >= 0.6 is 11.3 Å². The van der Waals surface area contributed by atoms with Crippen molar-refractivity contribution in [2.24, 2.45) is 0 Å². The Labute approximate surface area is 180 Å². The third-order valence-electron chi connectivity index (χ3n) is 5.15. The minimum absolute atomic E-state index is 0.254. The van der Waals surface area contributed by atoms with Gasteiger partial charge in [-0.25, -0.2) is 9.97 Å². The second-order valence-corrected chi connectivity index (χ2v) is 8.40. The summed E-state index contributed by atoms with van der Waals surface area (Å²) in [6.07, 6.45) is 2.69. The Morgan fingerprint density at radius 1 is 0.867 bits per heavy atom. The van der Waals surface area contributed by atoms with Gasteiger partial charge in [0.25, 0.3) is 0 Å². The van der Waals surface area contributed by atoms with Crippen LogP contribution in [0.4, 0.5) is 5.82 Å². The molecular weight excluding hydrogens is 392 g/mol. The fourth-order valence-electron chi connectivity index (χ4n) is 3.51. The lowest BCUT2D eigenvalue weighted by Gasteiger charge is -2.31. The monoisotopic (exact) mass is 416 g/mol. The van der Waals surface area contributed by atoms with Gasteiger partial charge in [0.05, 0.1) is 17.7 Å². The van der Waals surface area contributed by atoms with E-state index < -0.39 is 6.10 Å². The number of anilines is 1. The van der Waals surface area contributed by atoms with E-state index in [4.69, 9.17) is 0 Å². The Morgan fingerprint density at radius 3 is 2.17 bits per heavy atom. The number of aliphatic hydroxyl groups excluding tert-OH is 1. The molecule has 3 aromatic heterocycles. The van der Waals surface area contributed by atoms with E-state index in [0.29, 0.717) is 5.01 Å². The Bertz CT molecular complexity index is 1050. The molecule has 30 heavy (non-hydrogen) atoms. The summed E-state index contributed by atoms with van der Waals surface area (Å²) in [5.41, 5.74) is 2.79. The molecule has 0 saturated carbocycles. The van der Waals surface area contributed by atoms with Crippen molar-refractivity contribution in [1.29, 1.82) is 0 Å². The van der Waals surface area contributed by atoms with Crippen molar-refractivity contribution in [2.75, 3.05) is 5.32 Å². The SMILES string of the molecule is Cc1nc(C(O)C(c2ccccn2)C(Nc2ccccn2)c2ccccc2)sc1C. The van der Waals surface area contributed by atoms with Gasteiger partial charge in [-0.3, -0.25) is 4.98 Å². The zero-order chi connectivity index (χ0) is 20.9. The molecule has 4 aromatic rings.